The second-order valence-corrected chi connectivity index (χ2v) is 3.54. The lowest BCUT2D eigenvalue weighted by Crippen LogP contribution is -2.36. The minimum absolute atomic E-state index is 0.434. The molecule has 0 aromatic carbocycles. The number of aliphatic hydroxyl groups excluding tert-OH is 3. The molecule has 0 radical (unpaired) electrons. The van der Waals surface area contributed by atoms with Gasteiger partial charge in [0.05, 0.1) is 6.61 Å². The van der Waals surface area contributed by atoms with Gasteiger partial charge in [-0.15, -0.1) is 0 Å². The monoisotopic (exact) mass is 228 g/mol. The highest BCUT2D eigenvalue weighted by Gasteiger charge is 2.44. The Balaban J connectivity index is 2.30. The molecule has 1 aromatic heterocycles. The van der Waals surface area contributed by atoms with Crippen LogP contribution in [0.15, 0.2) is 23.1 Å². The molecule has 7 heteroatoms. The molecular weight excluding hydrogens is 216 g/mol. The average Bonchev–Trinajstić information content (AvgIpc) is 2.57. The summed E-state index contributed by atoms with van der Waals surface area (Å²) in [6.45, 7) is -0.434. The first-order valence-corrected chi connectivity index (χ1v) is 4.81. The molecule has 88 valence electrons. The predicted octanol–water partition coefficient (Wildman–Crippen LogP) is -2.15. The minimum atomic E-state index is -1.29. The maximum atomic E-state index is 11.4. The van der Waals surface area contributed by atoms with Crippen molar-refractivity contribution < 1.29 is 20.1 Å². The highest BCUT2D eigenvalue weighted by atomic mass is 16.6. The molecule has 4 atom stereocenters. The molecular formula is C9H12N2O5. The highest BCUT2D eigenvalue weighted by Crippen LogP contribution is 2.27. The summed E-state index contributed by atoms with van der Waals surface area (Å²) >= 11 is 0. The number of hydrogen-bond donors (Lipinski definition) is 3. The molecule has 2 rings (SSSR count). The fourth-order valence-electron chi connectivity index (χ4n) is 1.64. The third-order valence-electron chi connectivity index (χ3n) is 2.50. The molecule has 0 amide bonds. The van der Waals surface area contributed by atoms with E-state index in [-0.39, 0.29) is 0 Å². The van der Waals surface area contributed by atoms with Gasteiger partial charge >= 0.3 is 0 Å². The van der Waals surface area contributed by atoms with Gasteiger partial charge in [0.2, 0.25) is 0 Å². The summed E-state index contributed by atoms with van der Waals surface area (Å²) in [7, 11) is 0. The van der Waals surface area contributed by atoms with Crippen LogP contribution in [0.2, 0.25) is 0 Å². The van der Waals surface area contributed by atoms with Crippen molar-refractivity contribution in [1.82, 2.24) is 9.78 Å². The van der Waals surface area contributed by atoms with Crippen LogP contribution in [0.3, 0.4) is 0 Å². The van der Waals surface area contributed by atoms with Crippen molar-refractivity contribution in [2.45, 2.75) is 24.5 Å². The fraction of sp³-hybridized carbons (Fsp3) is 0.556. The number of aromatic nitrogens is 2. The molecule has 2 heterocycles. The van der Waals surface area contributed by atoms with Gasteiger partial charge in [0, 0.05) is 12.3 Å². The quantitative estimate of drug-likeness (QED) is 0.533. The van der Waals surface area contributed by atoms with E-state index in [1.165, 1.54) is 18.3 Å². The van der Waals surface area contributed by atoms with Crippen LogP contribution in [0.5, 0.6) is 0 Å². The average molecular weight is 228 g/mol. The molecule has 0 aliphatic carbocycles. The number of hydrogen-bond acceptors (Lipinski definition) is 6. The van der Waals surface area contributed by atoms with Gasteiger partial charge < -0.3 is 20.1 Å². The second-order valence-electron chi connectivity index (χ2n) is 3.54. The van der Waals surface area contributed by atoms with E-state index in [9.17, 15) is 15.0 Å². The maximum Gasteiger partial charge on any atom is 0.269 e. The lowest BCUT2D eigenvalue weighted by molar-refractivity contribution is -0.0610. The molecule has 0 saturated carbocycles. The Morgan fingerprint density at radius 3 is 2.75 bits per heavy atom. The Morgan fingerprint density at radius 2 is 2.19 bits per heavy atom. The summed E-state index contributed by atoms with van der Waals surface area (Å²) in [5, 5.41) is 31.8. The van der Waals surface area contributed by atoms with Crippen molar-refractivity contribution in [3.8, 4) is 0 Å². The molecule has 7 nitrogen and oxygen atoms in total. The Labute approximate surface area is 90.5 Å². The smallest absolute Gasteiger partial charge is 0.269 e. The third kappa shape index (κ3) is 1.74. The zero-order valence-electron chi connectivity index (χ0n) is 8.30. The van der Waals surface area contributed by atoms with Gasteiger partial charge in [-0.25, -0.2) is 0 Å². The lowest BCUT2D eigenvalue weighted by Gasteiger charge is -2.15. The first kappa shape index (κ1) is 11.2. The van der Waals surface area contributed by atoms with E-state index in [1.54, 1.807) is 0 Å². The van der Waals surface area contributed by atoms with Crippen molar-refractivity contribution in [3.05, 3.63) is 28.7 Å². The summed E-state index contributed by atoms with van der Waals surface area (Å²) in [6.07, 6.45) is -3.13. The van der Waals surface area contributed by atoms with Crippen LogP contribution in [0.25, 0.3) is 0 Å². The Morgan fingerprint density at radius 1 is 1.44 bits per heavy atom. The molecule has 1 aliphatic rings. The van der Waals surface area contributed by atoms with Crippen LogP contribution < -0.4 is 5.56 Å². The SMILES string of the molecule is O=c1cccnn1C1OC(CO)C(O)C1O. The third-order valence-corrected chi connectivity index (χ3v) is 2.50. The first-order chi connectivity index (χ1) is 7.65. The number of rotatable bonds is 2. The molecule has 1 fully saturated rings. The Hall–Kier alpha value is -1.28. The van der Waals surface area contributed by atoms with E-state index >= 15 is 0 Å². The van der Waals surface area contributed by atoms with Crippen LogP contribution in [-0.4, -0.2) is 50.0 Å². The zero-order chi connectivity index (χ0) is 11.7. The second kappa shape index (κ2) is 4.30. The van der Waals surface area contributed by atoms with Gasteiger partial charge in [0.25, 0.3) is 5.56 Å². The standard InChI is InChI=1S/C9H12N2O5/c12-4-5-7(14)8(15)9(16-5)11-6(13)2-1-3-10-11/h1-3,5,7-9,12,14-15H,4H2. The van der Waals surface area contributed by atoms with Crippen molar-refractivity contribution in [2.75, 3.05) is 6.61 Å². The molecule has 1 aliphatic heterocycles. The molecule has 3 N–H and O–H groups in total. The molecule has 0 spiro atoms. The van der Waals surface area contributed by atoms with E-state index in [0.717, 1.165) is 4.68 Å². The molecule has 4 unspecified atom stereocenters. The summed E-state index contributed by atoms with van der Waals surface area (Å²) in [5.41, 5.74) is -0.447. The summed E-state index contributed by atoms with van der Waals surface area (Å²) in [4.78, 5) is 11.4. The van der Waals surface area contributed by atoms with Crippen molar-refractivity contribution in [2.24, 2.45) is 0 Å². The Kier molecular flexibility index (Phi) is 3.01. The number of aliphatic hydroxyl groups is 3. The van der Waals surface area contributed by atoms with Crippen LogP contribution in [0.4, 0.5) is 0 Å². The topological polar surface area (TPSA) is 105 Å². The van der Waals surface area contributed by atoms with E-state index in [1.807, 2.05) is 0 Å². The van der Waals surface area contributed by atoms with Crippen LogP contribution in [0, 0.1) is 0 Å². The van der Waals surface area contributed by atoms with Crippen LogP contribution in [0.1, 0.15) is 6.23 Å². The Bertz CT molecular complexity index is 420. The van der Waals surface area contributed by atoms with Gasteiger partial charge in [-0.2, -0.15) is 9.78 Å². The van der Waals surface area contributed by atoms with Crippen molar-refractivity contribution >= 4 is 0 Å². The fourth-order valence-corrected chi connectivity index (χ4v) is 1.64. The predicted molar refractivity (Wildman–Crippen MR) is 51.5 cm³/mol. The number of ether oxygens (including phenoxy) is 1. The van der Waals surface area contributed by atoms with E-state index in [4.69, 9.17) is 9.84 Å². The highest BCUT2D eigenvalue weighted by molar-refractivity contribution is 4.92. The summed E-state index contributed by atoms with van der Waals surface area (Å²) in [5.74, 6) is 0. The van der Waals surface area contributed by atoms with Crippen molar-refractivity contribution in [3.63, 3.8) is 0 Å². The molecule has 1 aromatic rings. The van der Waals surface area contributed by atoms with Gasteiger partial charge in [0.15, 0.2) is 6.23 Å². The molecule has 0 bridgehead atoms. The summed E-state index contributed by atoms with van der Waals surface area (Å²) in [6, 6.07) is 2.72. The van der Waals surface area contributed by atoms with Gasteiger partial charge in [-0.1, -0.05) is 0 Å². The minimum Gasteiger partial charge on any atom is -0.394 e. The van der Waals surface area contributed by atoms with Crippen LogP contribution >= 0.6 is 0 Å². The first-order valence-electron chi connectivity index (χ1n) is 4.81. The van der Waals surface area contributed by atoms with Gasteiger partial charge in [-0.05, 0) is 6.07 Å². The van der Waals surface area contributed by atoms with Crippen molar-refractivity contribution in [1.29, 1.82) is 0 Å². The zero-order valence-corrected chi connectivity index (χ0v) is 8.30. The van der Waals surface area contributed by atoms with E-state index in [2.05, 4.69) is 5.10 Å². The largest absolute Gasteiger partial charge is 0.394 e. The maximum absolute atomic E-state index is 11.4. The molecule has 1 saturated heterocycles. The normalized spacial score (nSPS) is 34.2. The van der Waals surface area contributed by atoms with E-state index < -0.39 is 36.7 Å². The van der Waals surface area contributed by atoms with Gasteiger partial charge in [-0.3, -0.25) is 4.79 Å². The van der Waals surface area contributed by atoms with Crippen LogP contribution in [-0.2, 0) is 4.74 Å². The van der Waals surface area contributed by atoms with E-state index in [0.29, 0.717) is 0 Å². The lowest BCUT2D eigenvalue weighted by atomic mass is 10.1. The number of nitrogens with zero attached hydrogens (tertiary/aromatic N) is 2. The van der Waals surface area contributed by atoms with Gasteiger partial charge in [0.1, 0.15) is 18.3 Å². The molecule has 16 heavy (non-hydrogen) atoms. The summed E-state index contributed by atoms with van der Waals surface area (Å²) < 4.78 is 6.09.